The highest BCUT2D eigenvalue weighted by Crippen LogP contribution is 2.12. The first kappa shape index (κ1) is 13.1. The molecule has 1 heterocycles. The summed E-state index contributed by atoms with van der Waals surface area (Å²) in [5, 5.41) is 6.49. The number of carbonyl (C=O) groups is 1. The number of hydrogen-bond acceptors (Lipinski definition) is 4. The van der Waals surface area contributed by atoms with Crippen LogP contribution in [0.3, 0.4) is 0 Å². The maximum absolute atomic E-state index is 11.9. The van der Waals surface area contributed by atoms with Gasteiger partial charge < -0.3 is 14.6 Å². The molecule has 0 saturated heterocycles. The Morgan fingerprint density at radius 3 is 3.11 bits per heavy atom. The molecule has 5 nitrogen and oxygen atoms in total. The van der Waals surface area contributed by atoms with E-state index in [-0.39, 0.29) is 5.91 Å². The summed E-state index contributed by atoms with van der Waals surface area (Å²) in [5.41, 5.74) is 1.64. The Balaban J connectivity index is 1.77. The van der Waals surface area contributed by atoms with Crippen LogP contribution in [0.2, 0.25) is 0 Å². The number of rotatable bonds is 6. The first-order valence-corrected chi connectivity index (χ1v) is 6.10. The minimum atomic E-state index is -0.0933. The Hall–Kier alpha value is -2.30. The fourth-order valence-corrected chi connectivity index (χ4v) is 1.71. The molecule has 1 N–H and O–H groups in total. The van der Waals surface area contributed by atoms with Crippen LogP contribution in [0, 0.1) is 0 Å². The highest BCUT2D eigenvalue weighted by molar-refractivity contribution is 5.94. The van der Waals surface area contributed by atoms with E-state index >= 15 is 0 Å². The Bertz CT molecular complexity index is 523. The van der Waals surface area contributed by atoms with E-state index in [4.69, 9.17) is 9.26 Å². The Morgan fingerprint density at radius 1 is 1.47 bits per heavy atom. The number of nitrogens with zero attached hydrogens (tertiary/aromatic N) is 1. The molecule has 0 aliphatic heterocycles. The predicted octanol–water partition coefficient (Wildman–Crippen LogP) is 2.05. The molecule has 0 unspecified atom stereocenters. The third-order valence-electron chi connectivity index (χ3n) is 2.74. The van der Waals surface area contributed by atoms with Crippen LogP contribution in [0.25, 0.3) is 0 Å². The largest absolute Gasteiger partial charge is 0.497 e. The zero-order valence-electron chi connectivity index (χ0n) is 10.8. The first-order valence-electron chi connectivity index (χ1n) is 6.10. The molecule has 0 aliphatic rings. The molecule has 2 aromatic rings. The van der Waals surface area contributed by atoms with Gasteiger partial charge in [0.2, 0.25) is 0 Å². The molecule has 0 saturated carbocycles. The number of ether oxygens (including phenoxy) is 1. The number of benzene rings is 1. The van der Waals surface area contributed by atoms with Crippen molar-refractivity contribution >= 4 is 5.91 Å². The van der Waals surface area contributed by atoms with Crippen molar-refractivity contribution in [3.05, 3.63) is 47.9 Å². The second-order valence-electron chi connectivity index (χ2n) is 4.12. The summed E-state index contributed by atoms with van der Waals surface area (Å²) >= 11 is 0. The lowest BCUT2D eigenvalue weighted by molar-refractivity contribution is 0.0953. The number of nitrogens with one attached hydrogen (secondary N) is 1. The van der Waals surface area contributed by atoms with Crippen LogP contribution in [0.5, 0.6) is 5.75 Å². The van der Waals surface area contributed by atoms with Crippen molar-refractivity contribution in [2.75, 3.05) is 13.7 Å². The summed E-state index contributed by atoms with van der Waals surface area (Å²) < 4.78 is 9.82. The highest BCUT2D eigenvalue weighted by atomic mass is 16.5. The van der Waals surface area contributed by atoms with E-state index in [0.717, 1.165) is 18.4 Å². The molecule has 0 spiro atoms. The standard InChI is InChI=1S/C14H16N2O3/c1-18-13-6-2-5-12(8-13)14(17)15-7-3-4-11-9-16-19-10-11/h2,5-6,8-10H,3-4,7H2,1H3,(H,15,17). The fourth-order valence-electron chi connectivity index (χ4n) is 1.71. The van der Waals surface area contributed by atoms with Gasteiger partial charge in [0.05, 0.1) is 13.3 Å². The van der Waals surface area contributed by atoms with E-state index in [9.17, 15) is 4.79 Å². The van der Waals surface area contributed by atoms with E-state index < -0.39 is 0 Å². The van der Waals surface area contributed by atoms with Gasteiger partial charge in [-0.15, -0.1) is 0 Å². The van der Waals surface area contributed by atoms with Crippen molar-refractivity contribution in [2.24, 2.45) is 0 Å². The second kappa shape index (κ2) is 6.58. The summed E-state index contributed by atoms with van der Waals surface area (Å²) in [4.78, 5) is 11.9. The van der Waals surface area contributed by atoms with Crippen molar-refractivity contribution in [3.8, 4) is 5.75 Å². The fraction of sp³-hybridized carbons (Fsp3) is 0.286. The van der Waals surface area contributed by atoms with Crippen LogP contribution in [0.15, 0.2) is 41.2 Å². The number of carbonyl (C=O) groups excluding carboxylic acids is 1. The number of amides is 1. The molecule has 2 rings (SSSR count). The summed E-state index contributed by atoms with van der Waals surface area (Å²) in [5.74, 6) is 0.585. The number of aromatic nitrogens is 1. The van der Waals surface area contributed by atoms with Crippen molar-refractivity contribution in [1.82, 2.24) is 10.5 Å². The van der Waals surface area contributed by atoms with Crippen LogP contribution in [0.4, 0.5) is 0 Å². The van der Waals surface area contributed by atoms with Crippen LogP contribution >= 0.6 is 0 Å². The molecular weight excluding hydrogens is 244 g/mol. The quantitative estimate of drug-likeness (QED) is 0.807. The van der Waals surface area contributed by atoms with Gasteiger partial charge in [-0.1, -0.05) is 11.2 Å². The average Bonchev–Trinajstić information content (AvgIpc) is 2.96. The lowest BCUT2D eigenvalue weighted by atomic mass is 10.2. The van der Waals surface area contributed by atoms with Crippen molar-refractivity contribution < 1.29 is 14.1 Å². The first-order chi connectivity index (χ1) is 9.29. The van der Waals surface area contributed by atoms with Crippen LogP contribution in [-0.2, 0) is 6.42 Å². The summed E-state index contributed by atoms with van der Waals surface area (Å²) in [7, 11) is 1.58. The van der Waals surface area contributed by atoms with Gasteiger partial charge in [0.1, 0.15) is 12.0 Å². The number of hydrogen-bond donors (Lipinski definition) is 1. The molecule has 0 bridgehead atoms. The molecule has 0 atom stereocenters. The summed E-state index contributed by atoms with van der Waals surface area (Å²) in [6.07, 6.45) is 4.98. The van der Waals surface area contributed by atoms with Gasteiger partial charge >= 0.3 is 0 Å². The summed E-state index contributed by atoms with van der Waals surface area (Å²) in [6.45, 7) is 0.612. The lowest BCUT2D eigenvalue weighted by Gasteiger charge is -2.06. The zero-order chi connectivity index (χ0) is 13.5. The molecule has 1 amide bonds. The maximum Gasteiger partial charge on any atom is 0.251 e. The number of aryl methyl sites for hydroxylation is 1. The lowest BCUT2D eigenvalue weighted by Crippen LogP contribution is -2.24. The van der Waals surface area contributed by atoms with Crippen LogP contribution in [0.1, 0.15) is 22.3 Å². The van der Waals surface area contributed by atoms with Crippen molar-refractivity contribution in [2.45, 2.75) is 12.8 Å². The van der Waals surface area contributed by atoms with E-state index in [1.165, 1.54) is 0 Å². The normalized spacial score (nSPS) is 10.2. The van der Waals surface area contributed by atoms with Gasteiger partial charge in [0, 0.05) is 17.7 Å². The molecule has 100 valence electrons. The van der Waals surface area contributed by atoms with Gasteiger partial charge in [-0.05, 0) is 31.0 Å². The monoisotopic (exact) mass is 260 g/mol. The van der Waals surface area contributed by atoms with E-state index in [1.807, 2.05) is 6.07 Å². The molecule has 1 aromatic carbocycles. The molecule has 5 heteroatoms. The molecule has 0 radical (unpaired) electrons. The van der Waals surface area contributed by atoms with Gasteiger partial charge in [-0.2, -0.15) is 0 Å². The van der Waals surface area contributed by atoms with Gasteiger partial charge in [0.25, 0.3) is 5.91 Å². The van der Waals surface area contributed by atoms with Gasteiger partial charge in [-0.25, -0.2) is 0 Å². The van der Waals surface area contributed by atoms with E-state index in [1.54, 1.807) is 37.8 Å². The van der Waals surface area contributed by atoms with Crippen molar-refractivity contribution in [1.29, 1.82) is 0 Å². The number of methoxy groups -OCH3 is 1. The predicted molar refractivity (Wildman–Crippen MR) is 70.2 cm³/mol. The van der Waals surface area contributed by atoms with Gasteiger partial charge in [0.15, 0.2) is 0 Å². The van der Waals surface area contributed by atoms with Gasteiger partial charge in [-0.3, -0.25) is 4.79 Å². The van der Waals surface area contributed by atoms with Crippen molar-refractivity contribution in [3.63, 3.8) is 0 Å². The average molecular weight is 260 g/mol. The molecule has 1 aromatic heterocycles. The minimum Gasteiger partial charge on any atom is -0.497 e. The zero-order valence-corrected chi connectivity index (χ0v) is 10.8. The smallest absolute Gasteiger partial charge is 0.251 e. The third-order valence-corrected chi connectivity index (χ3v) is 2.74. The highest BCUT2D eigenvalue weighted by Gasteiger charge is 2.05. The molecule has 0 fully saturated rings. The third kappa shape index (κ3) is 3.84. The SMILES string of the molecule is COc1cccc(C(=O)NCCCc2cnoc2)c1. The second-order valence-corrected chi connectivity index (χ2v) is 4.12. The van der Waals surface area contributed by atoms with Crippen LogP contribution < -0.4 is 10.1 Å². The molecule has 19 heavy (non-hydrogen) atoms. The van der Waals surface area contributed by atoms with E-state index in [2.05, 4.69) is 10.5 Å². The Morgan fingerprint density at radius 2 is 2.37 bits per heavy atom. The van der Waals surface area contributed by atoms with E-state index in [0.29, 0.717) is 17.9 Å². The Kier molecular flexibility index (Phi) is 4.55. The molecule has 0 aliphatic carbocycles. The maximum atomic E-state index is 11.9. The molecular formula is C14H16N2O3. The van der Waals surface area contributed by atoms with Crippen LogP contribution in [-0.4, -0.2) is 24.7 Å². The topological polar surface area (TPSA) is 64.4 Å². The summed E-state index contributed by atoms with van der Waals surface area (Å²) in [6, 6.07) is 7.08. The Labute approximate surface area is 111 Å². The minimum absolute atomic E-state index is 0.0933.